The molecule has 2 aromatic heterocycles. The van der Waals surface area contributed by atoms with Crippen molar-refractivity contribution < 1.29 is 4.79 Å². The number of amides is 1. The lowest BCUT2D eigenvalue weighted by Gasteiger charge is -2.21. The molecule has 0 aromatic carbocycles. The van der Waals surface area contributed by atoms with Gasteiger partial charge in [0.1, 0.15) is 5.69 Å². The quantitative estimate of drug-likeness (QED) is 0.866. The van der Waals surface area contributed by atoms with Crippen LogP contribution in [0.4, 0.5) is 0 Å². The van der Waals surface area contributed by atoms with E-state index in [2.05, 4.69) is 27.0 Å². The summed E-state index contributed by atoms with van der Waals surface area (Å²) >= 11 is 1.48. The summed E-state index contributed by atoms with van der Waals surface area (Å²) in [6.07, 6.45) is 3.70. The first-order valence-electron chi connectivity index (χ1n) is 7.58. The number of carbonyl (C=O) groups excluding carboxylic acids is 1. The molecule has 1 amide bonds. The lowest BCUT2D eigenvalue weighted by Crippen LogP contribution is -2.33. The highest BCUT2D eigenvalue weighted by atomic mass is 32.1. The van der Waals surface area contributed by atoms with Gasteiger partial charge >= 0.3 is 0 Å². The van der Waals surface area contributed by atoms with Gasteiger partial charge < -0.3 is 4.90 Å². The molecule has 22 heavy (non-hydrogen) atoms. The number of fused-ring (bicyclic) bond motifs is 1. The minimum Gasteiger partial charge on any atom is -0.337 e. The Bertz CT molecular complexity index is 631. The average Bonchev–Trinajstić information content (AvgIpc) is 3.23. The topological polar surface area (TPSA) is 49.3 Å². The first-order valence-corrected chi connectivity index (χ1v) is 8.52. The summed E-state index contributed by atoms with van der Waals surface area (Å²) in [5, 5.41) is 1.84. The fourth-order valence-electron chi connectivity index (χ4n) is 3.61. The van der Waals surface area contributed by atoms with Crippen LogP contribution in [0.25, 0.3) is 0 Å². The predicted molar refractivity (Wildman–Crippen MR) is 84.5 cm³/mol. The summed E-state index contributed by atoms with van der Waals surface area (Å²) in [6, 6.07) is 4.15. The van der Waals surface area contributed by atoms with Crippen molar-refractivity contribution in [2.45, 2.75) is 6.54 Å². The number of likely N-dealkylation sites (tertiary alicyclic amines) is 2. The molecule has 2 atom stereocenters. The van der Waals surface area contributed by atoms with E-state index in [0.717, 1.165) is 32.7 Å². The number of thiazole rings is 1. The molecule has 4 rings (SSSR count). The van der Waals surface area contributed by atoms with Gasteiger partial charge in [0, 0.05) is 50.5 Å². The van der Waals surface area contributed by atoms with E-state index in [4.69, 9.17) is 0 Å². The summed E-state index contributed by atoms with van der Waals surface area (Å²) < 4.78 is 0. The van der Waals surface area contributed by atoms with Gasteiger partial charge in [0.15, 0.2) is 0 Å². The van der Waals surface area contributed by atoms with Crippen molar-refractivity contribution in [2.24, 2.45) is 11.8 Å². The largest absolute Gasteiger partial charge is 0.337 e. The predicted octanol–water partition coefficient (Wildman–Crippen LogP) is 1.74. The molecule has 0 N–H and O–H groups in total. The minimum atomic E-state index is 0.0938. The Morgan fingerprint density at radius 3 is 2.55 bits per heavy atom. The van der Waals surface area contributed by atoms with Gasteiger partial charge in [-0.15, -0.1) is 11.3 Å². The van der Waals surface area contributed by atoms with Crippen LogP contribution >= 0.6 is 11.3 Å². The van der Waals surface area contributed by atoms with Gasteiger partial charge in [-0.25, -0.2) is 4.98 Å². The zero-order chi connectivity index (χ0) is 14.9. The summed E-state index contributed by atoms with van der Waals surface area (Å²) in [5.74, 6) is 1.30. The third-order valence-corrected chi connectivity index (χ3v) is 5.24. The molecule has 4 heterocycles. The minimum absolute atomic E-state index is 0.0938. The zero-order valence-corrected chi connectivity index (χ0v) is 13.1. The van der Waals surface area contributed by atoms with Crippen molar-refractivity contribution in [2.75, 3.05) is 26.2 Å². The van der Waals surface area contributed by atoms with Gasteiger partial charge in [0.2, 0.25) is 0 Å². The van der Waals surface area contributed by atoms with Crippen LogP contribution in [0.2, 0.25) is 0 Å². The molecule has 114 valence electrons. The van der Waals surface area contributed by atoms with Crippen molar-refractivity contribution in [1.29, 1.82) is 0 Å². The summed E-state index contributed by atoms with van der Waals surface area (Å²) in [6.45, 7) is 4.87. The van der Waals surface area contributed by atoms with E-state index in [1.807, 2.05) is 22.7 Å². The summed E-state index contributed by atoms with van der Waals surface area (Å²) in [7, 11) is 0. The average molecular weight is 314 g/mol. The molecule has 0 unspecified atom stereocenters. The summed E-state index contributed by atoms with van der Waals surface area (Å²) in [4.78, 5) is 25.0. The molecular weight excluding hydrogens is 296 g/mol. The van der Waals surface area contributed by atoms with Crippen molar-refractivity contribution in [3.05, 3.63) is 46.7 Å². The molecule has 5 nitrogen and oxygen atoms in total. The molecule has 2 aliphatic rings. The van der Waals surface area contributed by atoms with Crippen molar-refractivity contribution in [1.82, 2.24) is 19.8 Å². The normalized spacial score (nSPS) is 24.6. The molecule has 2 aliphatic heterocycles. The highest BCUT2D eigenvalue weighted by Crippen LogP contribution is 2.32. The molecule has 0 radical (unpaired) electrons. The molecule has 2 saturated heterocycles. The van der Waals surface area contributed by atoms with Gasteiger partial charge in [-0.3, -0.25) is 14.7 Å². The van der Waals surface area contributed by atoms with E-state index in [0.29, 0.717) is 17.5 Å². The highest BCUT2D eigenvalue weighted by Gasteiger charge is 2.41. The summed E-state index contributed by atoms with van der Waals surface area (Å²) in [5.41, 5.74) is 3.63. The second-order valence-corrected chi connectivity index (χ2v) is 6.87. The van der Waals surface area contributed by atoms with Gasteiger partial charge in [0.25, 0.3) is 5.91 Å². The maximum absolute atomic E-state index is 12.4. The van der Waals surface area contributed by atoms with Gasteiger partial charge in [-0.2, -0.15) is 0 Å². The van der Waals surface area contributed by atoms with Crippen LogP contribution in [0.15, 0.2) is 35.4 Å². The second kappa shape index (κ2) is 5.78. The second-order valence-electron chi connectivity index (χ2n) is 6.15. The third-order valence-electron chi connectivity index (χ3n) is 4.66. The van der Waals surface area contributed by atoms with Gasteiger partial charge in [-0.1, -0.05) is 0 Å². The van der Waals surface area contributed by atoms with E-state index in [9.17, 15) is 4.79 Å². The Balaban J connectivity index is 1.36. The molecule has 0 bridgehead atoms. The first-order chi connectivity index (χ1) is 10.8. The Morgan fingerprint density at radius 1 is 1.18 bits per heavy atom. The van der Waals surface area contributed by atoms with Crippen molar-refractivity contribution in [3.8, 4) is 0 Å². The Hall–Kier alpha value is -1.79. The fourth-order valence-corrected chi connectivity index (χ4v) is 4.14. The molecule has 0 aliphatic carbocycles. The van der Waals surface area contributed by atoms with E-state index >= 15 is 0 Å². The Labute approximate surface area is 133 Å². The first kappa shape index (κ1) is 13.8. The van der Waals surface area contributed by atoms with E-state index in [-0.39, 0.29) is 5.91 Å². The zero-order valence-electron chi connectivity index (χ0n) is 12.3. The van der Waals surface area contributed by atoms with Crippen molar-refractivity contribution in [3.63, 3.8) is 0 Å². The van der Waals surface area contributed by atoms with Crippen LogP contribution in [0, 0.1) is 11.8 Å². The van der Waals surface area contributed by atoms with E-state index in [1.54, 1.807) is 5.51 Å². The number of aromatic nitrogens is 2. The van der Waals surface area contributed by atoms with Gasteiger partial charge in [-0.05, 0) is 29.5 Å². The highest BCUT2D eigenvalue weighted by molar-refractivity contribution is 7.07. The number of hydrogen-bond donors (Lipinski definition) is 0. The van der Waals surface area contributed by atoms with Crippen LogP contribution in [0.3, 0.4) is 0 Å². The molecule has 0 spiro atoms. The molecular formula is C16H18N4OS. The molecule has 2 fully saturated rings. The smallest absolute Gasteiger partial charge is 0.273 e. The van der Waals surface area contributed by atoms with Crippen LogP contribution in [-0.4, -0.2) is 51.9 Å². The van der Waals surface area contributed by atoms with Crippen LogP contribution in [-0.2, 0) is 6.54 Å². The number of rotatable bonds is 3. The number of nitrogens with zero attached hydrogens (tertiary/aromatic N) is 4. The van der Waals surface area contributed by atoms with Crippen molar-refractivity contribution >= 4 is 17.2 Å². The molecule has 0 saturated carbocycles. The SMILES string of the molecule is O=C(c1cscn1)N1C[C@@H]2CN(Cc3ccncc3)C[C@H]2C1. The fraction of sp³-hybridized carbons (Fsp3) is 0.438. The van der Waals surface area contributed by atoms with Crippen LogP contribution < -0.4 is 0 Å². The van der Waals surface area contributed by atoms with E-state index in [1.165, 1.54) is 16.9 Å². The van der Waals surface area contributed by atoms with Gasteiger partial charge in [0.05, 0.1) is 5.51 Å². The van der Waals surface area contributed by atoms with E-state index < -0.39 is 0 Å². The third kappa shape index (κ3) is 2.64. The molecule has 2 aromatic rings. The Kier molecular flexibility index (Phi) is 3.63. The molecule has 6 heteroatoms. The number of hydrogen-bond acceptors (Lipinski definition) is 5. The Morgan fingerprint density at radius 2 is 1.91 bits per heavy atom. The monoisotopic (exact) mass is 314 g/mol. The standard InChI is InChI=1S/C16H18N4OS/c21-16(15-10-22-11-18-15)20-8-13-6-19(7-14(13)9-20)5-12-1-3-17-4-2-12/h1-4,10-11,13-14H,5-9H2/t13-,14-/m0/s1. The maximum atomic E-state index is 12.4. The van der Waals surface area contributed by atoms with Crippen LogP contribution in [0.1, 0.15) is 16.1 Å². The van der Waals surface area contributed by atoms with Crippen LogP contribution in [0.5, 0.6) is 0 Å². The maximum Gasteiger partial charge on any atom is 0.273 e. The lowest BCUT2D eigenvalue weighted by atomic mass is 10.0. The number of pyridine rings is 1. The lowest BCUT2D eigenvalue weighted by molar-refractivity contribution is 0.0768. The number of carbonyl (C=O) groups is 1.